The number of nitrogens with two attached hydrogens (primary N) is 1. The van der Waals surface area contributed by atoms with Gasteiger partial charge in [-0.2, -0.15) is 0 Å². The summed E-state index contributed by atoms with van der Waals surface area (Å²) in [6.07, 6.45) is 6.74. The lowest BCUT2D eigenvalue weighted by molar-refractivity contribution is -0.912. The molecule has 158 valence electrons. The number of quaternary nitrogens is 2. The minimum absolute atomic E-state index is 0. The van der Waals surface area contributed by atoms with Crippen LogP contribution in [0.15, 0.2) is 24.3 Å². The SMILES string of the molecule is C[N+](C)(C)CCCCCC[N+](C)(C)C1CCN(c2ccc(N)cc2)C1.[Cl-].[Cl-]. The first-order valence-corrected chi connectivity index (χ1v) is 9.91. The van der Waals surface area contributed by atoms with Gasteiger partial charge in [0.05, 0.1) is 54.9 Å². The second-order valence-electron chi connectivity index (χ2n) is 9.41. The number of nitrogens with zero attached hydrogens (tertiary/aromatic N) is 3. The Balaban J connectivity index is 0.00000338. The molecular formula is C21H40Cl2N4. The van der Waals surface area contributed by atoms with E-state index < -0.39 is 0 Å². The van der Waals surface area contributed by atoms with Crippen molar-refractivity contribution in [2.24, 2.45) is 0 Å². The van der Waals surface area contributed by atoms with Crippen LogP contribution in [0.1, 0.15) is 32.1 Å². The van der Waals surface area contributed by atoms with Gasteiger partial charge in [-0.1, -0.05) is 0 Å². The number of rotatable bonds is 9. The number of anilines is 2. The molecule has 1 unspecified atom stereocenters. The molecule has 0 aromatic heterocycles. The Morgan fingerprint density at radius 1 is 0.889 bits per heavy atom. The third-order valence-electron chi connectivity index (χ3n) is 5.72. The Kier molecular flexibility index (Phi) is 11.1. The summed E-state index contributed by atoms with van der Waals surface area (Å²) in [6.45, 7) is 4.92. The maximum Gasteiger partial charge on any atom is 0.108 e. The molecule has 1 saturated heterocycles. The van der Waals surface area contributed by atoms with Crippen molar-refractivity contribution in [3.63, 3.8) is 0 Å². The molecule has 2 rings (SSSR count). The molecule has 1 heterocycles. The first kappa shape index (κ1) is 26.3. The summed E-state index contributed by atoms with van der Waals surface area (Å²) in [6, 6.07) is 9.08. The normalized spacial score (nSPS) is 17.4. The van der Waals surface area contributed by atoms with E-state index in [1.807, 2.05) is 12.1 Å². The van der Waals surface area contributed by atoms with Crippen LogP contribution in [0.4, 0.5) is 11.4 Å². The number of unbranched alkanes of at least 4 members (excludes halogenated alkanes) is 3. The zero-order chi connectivity index (χ0) is 18.5. The highest BCUT2D eigenvalue weighted by Crippen LogP contribution is 2.26. The number of nitrogen functional groups attached to an aromatic ring is 1. The molecule has 1 aromatic rings. The van der Waals surface area contributed by atoms with Gasteiger partial charge >= 0.3 is 0 Å². The van der Waals surface area contributed by atoms with Gasteiger partial charge in [0.1, 0.15) is 6.04 Å². The van der Waals surface area contributed by atoms with E-state index in [4.69, 9.17) is 5.73 Å². The summed E-state index contributed by atoms with van der Waals surface area (Å²) in [7, 11) is 11.7. The predicted molar refractivity (Wildman–Crippen MR) is 110 cm³/mol. The lowest BCUT2D eigenvalue weighted by atomic mass is 10.1. The predicted octanol–water partition coefficient (Wildman–Crippen LogP) is -2.80. The first-order chi connectivity index (χ1) is 11.7. The third-order valence-corrected chi connectivity index (χ3v) is 5.72. The molecule has 0 radical (unpaired) electrons. The van der Waals surface area contributed by atoms with Crippen LogP contribution in [-0.2, 0) is 0 Å². The molecule has 6 heteroatoms. The standard InChI is InChI=1S/C21H40N4.2ClH/c1-24(2,3)16-8-6-7-9-17-25(4,5)21-14-15-23(18-21)20-12-10-19(22)11-13-20;;/h10-13,21H,6-9,14-18,22H2,1-5H3;2*1H/q+2;;/p-2. The van der Waals surface area contributed by atoms with Crippen LogP contribution in [0.3, 0.4) is 0 Å². The van der Waals surface area contributed by atoms with Crippen molar-refractivity contribution in [1.29, 1.82) is 0 Å². The summed E-state index contributed by atoms with van der Waals surface area (Å²) in [5.41, 5.74) is 7.98. The van der Waals surface area contributed by atoms with Crippen molar-refractivity contribution < 1.29 is 33.8 Å². The molecule has 1 atom stereocenters. The van der Waals surface area contributed by atoms with Crippen molar-refractivity contribution >= 4 is 11.4 Å². The minimum atomic E-state index is 0. The zero-order valence-corrected chi connectivity index (χ0v) is 19.4. The van der Waals surface area contributed by atoms with Crippen LogP contribution < -0.4 is 35.4 Å². The van der Waals surface area contributed by atoms with E-state index in [0.29, 0.717) is 0 Å². The van der Waals surface area contributed by atoms with Crippen LogP contribution >= 0.6 is 0 Å². The van der Waals surface area contributed by atoms with Gasteiger partial charge < -0.3 is 44.4 Å². The summed E-state index contributed by atoms with van der Waals surface area (Å²) < 4.78 is 2.24. The fraction of sp³-hybridized carbons (Fsp3) is 0.714. The number of hydrogen-bond acceptors (Lipinski definition) is 2. The zero-order valence-electron chi connectivity index (χ0n) is 17.9. The topological polar surface area (TPSA) is 29.3 Å². The van der Waals surface area contributed by atoms with Gasteiger partial charge in [0.15, 0.2) is 0 Å². The molecular weight excluding hydrogens is 379 g/mol. The summed E-state index contributed by atoms with van der Waals surface area (Å²) >= 11 is 0. The Bertz CT molecular complexity index is 526. The Morgan fingerprint density at radius 2 is 1.44 bits per heavy atom. The lowest BCUT2D eigenvalue weighted by Gasteiger charge is -2.36. The van der Waals surface area contributed by atoms with Crippen molar-refractivity contribution in [1.82, 2.24) is 0 Å². The largest absolute Gasteiger partial charge is 1.00 e. The molecule has 0 saturated carbocycles. The van der Waals surface area contributed by atoms with Crippen LogP contribution in [0.5, 0.6) is 0 Å². The fourth-order valence-electron chi connectivity index (χ4n) is 3.87. The third kappa shape index (κ3) is 8.91. The molecule has 0 aliphatic carbocycles. The highest BCUT2D eigenvalue weighted by Gasteiger charge is 2.34. The quantitative estimate of drug-likeness (QED) is 0.266. The maximum absolute atomic E-state index is 5.81. The van der Waals surface area contributed by atoms with Crippen molar-refractivity contribution in [2.45, 2.75) is 38.1 Å². The van der Waals surface area contributed by atoms with Gasteiger partial charge in [-0.3, -0.25) is 0 Å². The van der Waals surface area contributed by atoms with E-state index >= 15 is 0 Å². The Labute approximate surface area is 179 Å². The van der Waals surface area contributed by atoms with Gasteiger partial charge in [0.25, 0.3) is 0 Å². The summed E-state index contributed by atoms with van der Waals surface area (Å²) in [4.78, 5) is 2.52. The number of halogens is 2. The van der Waals surface area contributed by atoms with Gasteiger partial charge in [-0.15, -0.1) is 0 Å². The monoisotopic (exact) mass is 418 g/mol. The fourth-order valence-corrected chi connectivity index (χ4v) is 3.87. The molecule has 1 aliphatic heterocycles. The number of likely N-dealkylation sites (N-methyl/N-ethyl adjacent to an activating group) is 1. The van der Waals surface area contributed by atoms with Gasteiger partial charge in [-0.25, -0.2) is 0 Å². The maximum atomic E-state index is 5.81. The molecule has 0 spiro atoms. The highest BCUT2D eigenvalue weighted by atomic mass is 35.5. The average Bonchev–Trinajstić information content (AvgIpc) is 3.01. The van der Waals surface area contributed by atoms with Crippen LogP contribution in [0, 0.1) is 0 Å². The second kappa shape index (κ2) is 11.4. The Hall–Kier alpha value is -0.680. The molecule has 1 aromatic carbocycles. The van der Waals surface area contributed by atoms with E-state index in [1.54, 1.807) is 0 Å². The van der Waals surface area contributed by atoms with Crippen molar-refractivity contribution in [3.05, 3.63) is 24.3 Å². The van der Waals surface area contributed by atoms with Gasteiger partial charge in [-0.05, 0) is 49.9 Å². The average molecular weight is 419 g/mol. The van der Waals surface area contributed by atoms with Gasteiger partial charge in [0, 0.05) is 24.3 Å². The summed E-state index contributed by atoms with van der Waals surface area (Å²) in [5, 5.41) is 0. The van der Waals surface area contributed by atoms with E-state index in [9.17, 15) is 0 Å². The molecule has 1 fully saturated rings. The van der Waals surface area contributed by atoms with Crippen LogP contribution in [0.2, 0.25) is 0 Å². The second-order valence-corrected chi connectivity index (χ2v) is 9.41. The van der Waals surface area contributed by atoms with E-state index in [-0.39, 0.29) is 24.8 Å². The lowest BCUT2D eigenvalue weighted by Crippen LogP contribution is -3.00. The van der Waals surface area contributed by atoms with Crippen LogP contribution in [0.25, 0.3) is 0 Å². The Morgan fingerprint density at radius 3 is 2.00 bits per heavy atom. The van der Waals surface area contributed by atoms with Crippen molar-refractivity contribution in [3.8, 4) is 0 Å². The molecule has 1 aliphatic rings. The van der Waals surface area contributed by atoms with Gasteiger partial charge in [0.2, 0.25) is 0 Å². The number of hydrogen-bond donors (Lipinski definition) is 1. The van der Waals surface area contributed by atoms with Crippen LogP contribution in [-0.4, -0.2) is 76.4 Å². The molecule has 0 bridgehead atoms. The van der Waals surface area contributed by atoms with E-state index in [0.717, 1.165) is 20.7 Å². The molecule has 2 N–H and O–H groups in total. The minimum Gasteiger partial charge on any atom is -1.00 e. The van der Waals surface area contributed by atoms with Crippen molar-refractivity contribution in [2.75, 3.05) is 72.1 Å². The summed E-state index contributed by atoms with van der Waals surface area (Å²) in [5.74, 6) is 0. The molecule has 4 nitrogen and oxygen atoms in total. The smallest absolute Gasteiger partial charge is 0.108 e. The van der Waals surface area contributed by atoms with E-state index in [1.165, 1.54) is 64.0 Å². The molecule has 0 amide bonds. The number of benzene rings is 1. The first-order valence-electron chi connectivity index (χ1n) is 9.91. The highest BCUT2D eigenvalue weighted by molar-refractivity contribution is 5.53. The molecule has 27 heavy (non-hydrogen) atoms. The van der Waals surface area contributed by atoms with E-state index in [2.05, 4.69) is 52.3 Å².